The predicted molar refractivity (Wildman–Crippen MR) is 106 cm³/mol. The lowest BCUT2D eigenvalue weighted by Gasteiger charge is -2.41. The van der Waals surface area contributed by atoms with Gasteiger partial charge in [0.2, 0.25) is 5.91 Å². The van der Waals surface area contributed by atoms with E-state index in [0.29, 0.717) is 6.04 Å². The minimum absolute atomic E-state index is 0.00399. The van der Waals surface area contributed by atoms with E-state index in [9.17, 15) is 4.79 Å². The fraction of sp³-hybridized carbons (Fsp3) is 0.591. The minimum Gasteiger partial charge on any atom is -0.352 e. The van der Waals surface area contributed by atoms with Crippen molar-refractivity contribution < 1.29 is 4.79 Å². The molecule has 2 heterocycles. The van der Waals surface area contributed by atoms with Gasteiger partial charge in [0, 0.05) is 25.2 Å². The van der Waals surface area contributed by atoms with Crippen LogP contribution in [0.15, 0.2) is 35.9 Å². The Balaban J connectivity index is 1.24. The molecule has 140 valence electrons. The van der Waals surface area contributed by atoms with Gasteiger partial charge in [-0.15, -0.1) is 0 Å². The number of likely N-dealkylation sites (tertiary alicyclic amines) is 2. The molecular weight excluding hydrogens is 322 g/mol. The monoisotopic (exact) mass is 353 g/mol. The molecule has 2 aliphatic heterocycles. The van der Waals surface area contributed by atoms with Crippen LogP contribution in [0, 0.1) is 5.92 Å². The Morgan fingerprint density at radius 1 is 1.00 bits per heavy atom. The first kappa shape index (κ1) is 17.7. The second-order valence-corrected chi connectivity index (χ2v) is 8.25. The molecule has 0 aromatic heterocycles. The van der Waals surface area contributed by atoms with Crippen LogP contribution in [-0.2, 0) is 4.79 Å². The van der Waals surface area contributed by atoms with Crippen molar-refractivity contribution in [2.45, 2.75) is 44.7 Å². The van der Waals surface area contributed by atoms with Crippen LogP contribution in [0.3, 0.4) is 0 Å². The third-order valence-electron chi connectivity index (χ3n) is 6.49. The number of rotatable bonds is 4. The molecule has 4 rings (SSSR count). The van der Waals surface area contributed by atoms with Crippen LogP contribution >= 0.6 is 0 Å². The van der Waals surface area contributed by atoms with E-state index < -0.39 is 0 Å². The molecule has 4 heteroatoms. The van der Waals surface area contributed by atoms with Gasteiger partial charge in [-0.25, -0.2) is 0 Å². The van der Waals surface area contributed by atoms with Gasteiger partial charge in [-0.3, -0.25) is 4.79 Å². The normalized spacial score (nSPS) is 26.2. The molecule has 1 amide bonds. The highest BCUT2D eigenvalue weighted by Gasteiger charge is 2.40. The van der Waals surface area contributed by atoms with Gasteiger partial charge in [0.15, 0.2) is 0 Å². The standard InChI is InChI=1S/C22H31N3O/c1-16-20(17-6-4-3-5-7-17)21(16)22(26)23-18-8-14-25(15-9-18)19-10-12-24(2)13-11-19/h3-7,18-19,21H,8-15H2,1-2H3,(H,23,26)/t21-/m1/s1. The van der Waals surface area contributed by atoms with Gasteiger partial charge in [0.1, 0.15) is 0 Å². The molecular formula is C22H31N3O. The van der Waals surface area contributed by atoms with Crippen molar-refractivity contribution in [1.29, 1.82) is 0 Å². The van der Waals surface area contributed by atoms with E-state index in [0.717, 1.165) is 32.0 Å². The number of nitrogens with zero attached hydrogens (tertiary/aromatic N) is 2. The molecule has 2 fully saturated rings. The van der Waals surface area contributed by atoms with Crippen LogP contribution in [0.4, 0.5) is 0 Å². The van der Waals surface area contributed by atoms with Crippen molar-refractivity contribution in [1.82, 2.24) is 15.1 Å². The molecule has 0 saturated carbocycles. The van der Waals surface area contributed by atoms with Gasteiger partial charge in [-0.05, 0) is 63.9 Å². The highest BCUT2D eigenvalue weighted by molar-refractivity contribution is 6.05. The molecule has 1 atom stereocenters. The third kappa shape index (κ3) is 3.72. The Morgan fingerprint density at radius 2 is 1.65 bits per heavy atom. The van der Waals surface area contributed by atoms with E-state index in [4.69, 9.17) is 0 Å². The van der Waals surface area contributed by atoms with Gasteiger partial charge in [0.25, 0.3) is 0 Å². The molecule has 0 bridgehead atoms. The summed E-state index contributed by atoms with van der Waals surface area (Å²) in [5.74, 6) is 0.211. The summed E-state index contributed by atoms with van der Waals surface area (Å²) in [6, 6.07) is 11.4. The highest BCUT2D eigenvalue weighted by Crippen LogP contribution is 2.46. The zero-order chi connectivity index (χ0) is 18.1. The topological polar surface area (TPSA) is 35.6 Å². The predicted octanol–water partition coefficient (Wildman–Crippen LogP) is 2.76. The van der Waals surface area contributed by atoms with Crippen molar-refractivity contribution in [2.24, 2.45) is 5.92 Å². The number of carbonyl (C=O) groups excluding carboxylic acids is 1. The van der Waals surface area contributed by atoms with E-state index in [1.165, 1.54) is 42.6 Å². The molecule has 0 radical (unpaired) electrons. The van der Waals surface area contributed by atoms with Gasteiger partial charge in [-0.1, -0.05) is 35.9 Å². The average Bonchev–Trinajstić information content (AvgIpc) is 3.35. The maximum absolute atomic E-state index is 12.7. The summed E-state index contributed by atoms with van der Waals surface area (Å²) in [6.07, 6.45) is 4.76. The third-order valence-corrected chi connectivity index (χ3v) is 6.49. The molecule has 4 nitrogen and oxygen atoms in total. The molecule has 3 aliphatic rings. The number of carbonyl (C=O) groups is 1. The first-order chi connectivity index (χ1) is 12.6. The Labute approximate surface area is 157 Å². The van der Waals surface area contributed by atoms with Gasteiger partial charge in [0.05, 0.1) is 5.92 Å². The van der Waals surface area contributed by atoms with Gasteiger partial charge in [-0.2, -0.15) is 0 Å². The molecule has 26 heavy (non-hydrogen) atoms. The number of benzene rings is 1. The lowest BCUT2D eigenvalue weighted by molar-refractivity contribution is -0.122. The lowest BCUT2D eigenvalue weighted by atomic mass is 9.97. The number of hydrogen-bond acceptors (Lipinski definition) is 3. The number of amides is 1. The first-order valence-electron chi connectivity index (χ1n) is 10.1. The molecule has 0 unspecified atom stereocenters. The van der Waals surface area contributed by atoms with Crippen molar-refractivity contribution in [3.05, 3.63) is 41.5 Å². The first-order valence-corrected chi connectivity index (χ1v) is 10.1. The van der Waals surface area contributed by atoms with E-state index in [-0.39, 0.29) is 11.8 Å². The zero-order valence-corrected chi connectivity index (χ0v) is 16.1. The fourth-order valence-corrected chi connectivity index (χ4v) is 4.72. The molecule has 1 N–H and O–H groups in total. The maximum Gasteiger partial charge on any atom is 0.231 e. The summed E-state index contributed by atoms with van der Waals surface area (Å²) >= 11 is 0. The summed E-state index contributed by atoms with van der Waals surface area (Å²) in [5.41, 5.74) is 3.66. The van der Waals surface area contributed by atoms with Gasteiger partial charge < -0.3 is 15.1 Å². The van der Waals surface area contributed by atoms with E-state index in [2.05, 4.69) is 41.2 Å². The average molecular weight is 354 g/mol. The maximum atomic E-state index is 12.7. The summed E-state index contributed by atoms with van der Waals surface area (Å²) in [6.45, 7) is 6.78. The van der Waals surface area contributed by atoms with Crippen LogP contribution in [0.5, 0.6) is 0 Å². The van der Waals surface area contributed by atoms with Crippen LogP contribution in [-0.4, -0.2) is 61.0 Å². The van der Waals surface area contributed by atoms with Crippen LogP contribution in [0.1, 0.15) is 38.2 Å². The van der Waals surface area contributed by atoms with E-state index in [1.807, 2.05) is 18.2 Å². The lowest BCUT2D eigenvalue weighted by Crippen LogP contribution is -2.51. The Hall–Kier alpha value is -1.65. The minimum atomic E-state index is 0.00399. The Bertz CT molecular complexity index is 668. The number of piperidine rings is 2. The molecule has 0 spiro atoms. The van der Waals surface area contributed by atoms with Crippen LogP contribution in [0.25, 0.3) is 5.57 Å². The summed E-state index contributed by atoms with van der Waals surface area (Å²) in [4.78, 5) is 17.8. The summed E-state index contributed by atoms with van der Waals surface area (Å²) < 4.78 is 0. The highest BCUT2D eigenvalue weighted by atomic mass is 16.2. The molecule has 1 aromatic rings. The smallest absolute Gasteiger partial charge is 0.231 e. The zero-order valence-electron chi connectivity index (χ0n) is 16.1. The summed E-state index contributed by atoms with van der Waals surface area (Å²) in [5, 5.41) is 3.33. The molecule has 2 saturated heterocycles. The number of nitrogens with one attached hydrogen (secondary N) is 1. The van der Waals surface area contributed by atoms with Crippen molar-refractivity contribution in [3.8, 4) is 0 Å². The second kappa shape index (κ2) is 7.53. The van der Waals surface area contributed by atoms with Crippen molar-refractivity contribution in [2.75, 3.05) is 33.2 Å². The number of hydrogen-bond donors (Lipinski definition) is 1. The quantitative estimate of drug-likeness (QED) is 0.904. The summed E-state index contributed by atoms with van der Waals surface area (Å²) in [7, 11) is 2.22. The second-order valence-electron chi connectivity index (χ2n) is 8.25. The van der Waals surface area contributed by atoms with Crippen molar-refractivity contribution in [3.63, 3.8) is 0 Å². The van der Waals surface area contributed by atoms with E-state index in [1.54, 1.807) is 0 Å². The Morgan fingerprint density at radius 3 is 2.31 bits per heavy atom. The largest absolute Gasteiger partial charge is 0.352 e. The van der Waals surface area contributed by atoms with Gasteiger partial charge >= 0.3 is 0 Å². The Kier molecular flexibility index (Phi) is 5.14. The fourth-order valence-electron chi connectivity index (χ4n) is 4.72. The SMILES string of the molecule is CC1=C(c2ccccc2)[C@@H]1C(=O)NC1CCN(C2CCN(C)CC2)CC1. The van der Waals surface area contributed by atoms with Crippen LogP contribution < -0.4 is 5.32 Å². The molecule has 1 aliphatic carbocycles. The molecule has 1 aromatic carbocycles. The van der Waals surface area contributed by atoms with Crippen molar-refractivity contribution >= 4 is 11.5 Å². The van der Waals surface area contributed by atoms with Crippen LogP contribution in [0.2, 0.25) is 0 Å². The van der Waals surface area contributed by atoms with E-state index >= 15 is 0 Å².